The zero-order chi connectivity index (χ0) is 14.8. The van der Waals surface area contributed by atoms with Crippen molar-refractivity contribution in [1.29, 1.82) is 0 Å². The van der Waals surface area contributed by atoms with Crippen LogP contribution in [0.5, 0.6) is 0 Å². The summed E-state index contributed by atoms with van der Waals surface area (Å²) in [5.74, 6) is -2.12. The summed E-state index contributed by atoms with van der Waals surface area (Å²) >= 11 is 0. The van der Waals surface area contributed by atoms with Crippen molar-refractivity contribution in [2.24, 2.45) is 5.73 Å². The second-order valence-corrected chi connectivity index (χ2v) is 4.13. The van der Waals surface area contributed by atoms with Crippen LogP contribution in [0.4, 0.5) is 13.2 Å². The van der Waals surface area contributed by atoms with Crippen molar-refractivity contribution in [2.75, 3.05) is 0 Å². The zero-order valence-electron chi connectivity index (χ0n) is 10.3. The number of primary amides is 1. The lowest BCUT2D eigenvalue weighted by Crippen LogP contribution is -2.37. The number of nitrogens with two attached hydrogens (primary N) is 1. The van der Waals surface area contributed by atoms with Gasteiger partial charge in [0, 0.05) is 0 Å². The summed E-state index contributed by atoms with van der Waals surface area (Å²) in [6.45, 7) is 3.05. The van der Waals surface area contributed by atoms with Gasteiger partial charge in [-0.05, 0) is 37.1 Å². The quantitative estimate of drug-likeness (QED) is 0.805. The number of hydrogen-bond donors (Lipinski definition) is 2. The molecule has 0 aliphatic rings. The Hall–Kier alpha value is -2.05. The van der Waals surface area contributed by atoms with Crippen molar-refractivity contribution in [3.63, 3.8) is 0 Å². The molecule has 0 fully saturated rings. The average molecular weight is 274 g/mol. The average Bonchev–Trinajstić information content (AvgIpc) is 2.27. The molecule has 1 unspecified atom stereocenters. The molecular weight excluding hydrogens is 261 g/mol. The van der Waals surface area contributed by atoms with Gasteiger partial charge in [-0.2, -0.15) is 13.2 Å². The van der Waals surface area contributed by atoms with Crippen LogP contribution in [0.2, 0.25) is 0 Å². The van der Waals surface area contributed by atoms with Gasteiger partial charge < -0.3 is 11.1 Å². The number of amides is 2. The molecule has 1 rings (SSSR count). The predicted octanol–water partition coefficient (Wildman–Crippen LogP) is 1.68. The topological polar surface area (TPSA) is 72.2 Å². The van der Waals surface area contributed by atoms with Crippen molar-refractivity contribution in [2.45, 2.75) is 26.1 Å². The van der Waals surface area contributed by atoms with Crippen LogP contribution >= 0.6 is 0 Å². The third-order valence-corrected chi connectivity index (χ3v) is 2.64. The summed E-state index contributed by atoms with van der Waals surface area (Å²) in [6.07, 6.45) is -4.41. The summed E-state index contributed by atoms with van der Waals surface area (Å²) in [5.41, 5.74) is 4.88. The van der Waals surface area contributed by atoms with E-state index in [1.54, 1.807) is 6.92 Å². The molecule has 104 valence electrons. The van der Waals surface area contributed by atoms with Gasteiger partial charge in [0.1, 0.15) is 0 Å². The van der Waals surface area contributed by atoms with Crippen LogP contribution in [-0.2, 0) is 15.8 Å². The summed E-state index contributed by atoms with van der Waals surface area (Å²) in [4.78, 5) is 21.7. The lowest BCUT2D eigenvalue weighted by atomic mass is 9.99. The molecule has 0 aliphatic heterocycles. The van der Waals surface area contributed by atoms with E-state index < -0.39 is 29.6 Å². The van der Waals surface area contributed by atoms with E-state index in [1.807, 2.05) is 0 Å². The number of nitrogens with one attached hydrogen (secondary N) is 1. The van der Waals surface area contributed by atoms with Crippen LogP contribution in [0.15, 0.2) is 18.2 Å². The first-order chi connectivity index (χ1) is 8.62. The Morgan fingerprint density at radius 1 is 1.32 bits per heavy atom. The maximum absolute atomic E-state index is 12.5. The molecule has 3 N–H and O–H groups in total. The summed E-state index contributed by atoms with van der Waals surface area (Å²) in [6, 6.07) is 2.57. The molecule has 0 bridgehead atoms. The van der Waals surface area contributed by atoms with Gasteiger partial charge in [-0.25, -0.2) is 0 Å². The van der Waals surface area contributed by atoms with Crippen molar-refractivity contribution < 1.29 is 22.8 Å². The molecule has 0 aromatic heterocycles. The van der Waals surface area contributed by atoms with E-state index in [9.17, 15) is 22.8 Å². The largest absolute Gasteiger partial charge is 0.416 e. The summed E-state index contributed by atoms with van der Waals surface area (Å²) < 4.78 is 37.5. The fourth-order valence-electron chi connectivity index (χ4n) is 1.68. The number of rotatable bonds is 2. The predicted molar refractivity (Wildman–Crippen MR) is 61.9 cm³/mol. The third-order valence-electron chi connectivity index (χ3n) is 2.64. The normalized spacial score (nSPS) is 12.9. The Labute approximate surface area is 107 Å². The van der Waals surface area contributed by atoms with Crippen molar-refractivity contribution in [3.05, 3.63) is 34.9 Å². The molecule has 0 saturated heterocycles. The maximum Gasteiger partial charge on any atom is 0.416 e. The highest BCUT2D eigenvalue weighted by molar-refractivity contribution is 6.34. The second-order valence-electron chi connectivity index (χ2n) is 4.13. The van der Waals surface area contributed by atoms with E-state index in [2.05, 4.69) is 5.32 Å². The lowest BCUT2D eigenvalue weighted by molar-refractivity contribution is -0.137. The summed E-state index contributed by atoms with van der Waals surface area (Å²) in [5, 5.41) is 2.30. The molecule has 0 radical (unpaired) electrons. The van der Waals surface area contributed by atoms with E-state index in [1.165, 1.54) is 13.0 Å². The monoisotopic (exact) mass is 274 g/mol. The molecule has 1 aromatic rings. The van der Waals surface area contributed by atoms with Gasteiger partial charge in [0.15, 0.2) is 0 Å². The van der Waals surface area contributed by atoms with Crippen LogP contribution in [0.25, 0.3) is 0 Å². The van der Waals surface area contributed by atoms with E-state index in [0.717, 1.165) is 12.1 Å². The molecule has 1 atom stereocenters. The maximum atomic E-state index is 12.5. The fourth-order valence-corrected chi connectivity index (χ4v) is 1.68. The van der Waals surface area contributed by atoms with Gasteiger partial charge in [-0.1, -0.05) is 6.07 Å². The first-order valence-corrected chi connectivity index (χ1v) is 5.41. The van der Waals surface area contributed by atoms with Crippen LogP contribution in [0.1, 0.15) is 29.7 Å². The first kappa shape index (κ1) is 15.0. The second kappa shape index (κ2) is 5.29. The lowest BCUT2D eigenvalue weighted by Gasteiger charge is -2.17. The van der Waals surface area contributed by atoms with Gasteiger partial charge >= 0.3 is 18.0 Å². The molecule has 7 heteroatoms. The zero-order valence-corrected chi connectivity index (χ0v) is 10.3. The molecular formula is C12H13F3N2O2. The van der Waals surface area contributed by atoms with Gasteiger partial charge in [0.2, 0.25) is 0 Å². The van der Waals surface area contributed by atoms with Gasteiger partial charge in [0.05, 0.1) is 11.6 Å². The molecule has 0 heterocycles. The summed E-state index contributed by atoms with van der Waals surface area (Å²) in [7, 11) is 0. The van der Waals surface area contributed by atoms with E-state index in [-0.39, 0.29) is 0 Å². The number of alkyl halides is 3. The van der Waals surface area contributed by atoms with E-state index in [4.69, 9.17) is 5.73 Å². The van der Waals surface area contributed by atoms with Crippen LogP contribution in [0, 0.1) is 6.92 Å². The molecule has 0 spiro atoms. The SMILES string of the molecule is Cc1cc(C(F)(F)F)ccc1C(C)NC(=O)C(N)=O. The van der Waals surface area contributed by atoms with Gasteiger partial charge in [0.25, 0.3) is 0 Å². The van der Waals surface area contributed by atoms with Crippen molar-refractivity contribution in [3.8, 4) is 0 Å². The van der Waals surface area contributed by atoms with Gasteiger partial charge in [-0.15, -0.1) is 0 Å². The van der Waals surface area contributed by atoms with E-state index >= 15 is 0 Å². The van der Waals surface area contributed by atoms with Gasteiger partial charge in [-0.3, -0.25) is 9.59 Å². The standard InChI is InChI=1S/C12H13F3N2O2/c1-6-5-8(12(13,14)15)3-4-9(6)7(2)17-11(19)10(16)18/h3-5,7H,1-2H3,(H2,16,18)(H,17,19). The van der Waals surface area contributed by atoms with Crippen LogP contribution < -0.4 is 11.1 Å². The number of benzene rings is 1. The number of carbonyl (C=O) groups excluding carboxylic acids is 2. The minimum Gasteiger partial charge on any atom is -0.361 e. The van der Waals surface area contributed by atoms with Crippen LogP contribution in [-0.4, -0.2) is 11.8 Å². The molecule has 1 aromatic carbocycles. The Morgan fingerprint density at radius 3 is 2.32 bits per heavy atom. The Bertz CT molecular complexity index is 512. The molecule has 4 nitrogen and oxygen atoms in total. The highest BCUT2D eigenvalue weighted by atomic mass is 19.4. The first-order valence-electron chi connectivity index (χ1n) is 5.41. The smallest absolute Gasteiger partial charge is 0.361 e. The molecule has 2 amide bonds. The third kappa shape index (κ3) is 3.70. The Morgan fingerprint density at radius 2 is 1.89 bits per heavy atom. The van der Waals surface area contributed by atoms with Crippen LogP contribution in [0.3, 0.4) is 0 Å². The number of hydrogen-bond acceptors (Lipinski definition) is 2. The Balaban J connectivity index is 2.97. The van der Waals surface area contributed by atoms with Crippen molar-refractivity contribution in [1.82, 2.24) is 5.32 Å². The Kier molecular flexibility index (Phi) is 4.18. The number of aryl methyl sites for hydroxylation is 1. The fraction of sp³-hybridized carbons (Fsp3) is 0.333. The van der Waals surface area contributed by atoms with E-state index in [0.29, 0.717) is 11.1 Å². The minimum absolute atomic E-state index is 0.368. The van der Waals surface area contributed by atoms with Crippen molar-refractivity contribution >= 4 is 11.8 Å². The highest BCUT2D eigenvalue weighted by Crippen LogP contribution is 2.31. The minimum atomic E-state index is -4.41. The molecule has 0 aliphatic carbocycles. The molecule has 19 heavy (non-hydrogen) atoms. The molecule has 0 saturated carbocycles. The highest BCUT2D eigenvalue weighted by Gasteiger charge is 2.31. The number of halogens is 3. The number of carbonyl (C=O) groups is 2.